The predicted molar refractivity (Wildman–Crippen MR) is 80.3 cm³/mol. The van der Waals surface area contributed by atoms with Crippen LogP contribution in [-0.4, -0.2) is 9.82 Å². The number of anilines is 1. The van der Waals surface area contributed by atoms with Crippen molar-refractivity contribution >= 4 is 11.4 Å². The summed E-state index contributed by atoms with van der Waals surface area (Å²) in [6.45, 7) is 2.54. The summed E-state index contributed by atoms with van der Waals surface area (Å²) in [6.07, 6.45) is 0. The molecule has 0 aliphatic carbocycles. The first-order valence-corrected chi connectivity index (χ1v) is 6.70. The fourth-order valence-corrected chi connectivity index (χ4v) is 2.73. The van der Waals surface area contributed by atoms with E-state index in [-0.39, 0.29) is 5.69 Å². The van der Waals surface area contributed by atoms with Gasteiger partial charge in [0.05, 0.1) is 4.92 Å². The van der Waals surface area contributed by atoms with Gasteiger partial charge in [0.15, 0.2) is 0 Å². The molecular weight excluding hydrogens is 268 g/mol. The second-order valence-electron chi connectivity index (χ2n) is 5.17. The standard InChI is InChI=1S/C15H16N4O2/c16-17-14-7-11(5-6-15(14)19(20)21)8-18-9-12-3-1-2-4-13(12)10-18/h1-7,17H,8-10,16H2. The van der Waals surface area contributed by atoms with E-state index in [1.54, 1.807) is 12.1 Å². The molecule has 0 saturated heterocycles. The zero-order valence-corrected chi connectivity index (χ0v) is 11.5. The Kier molecular flexibility index (Phi) is 3.55. The third kappa shape index (κ3) is 2.72. The van der Waals surface area contributed by atoms with E-state index in [4.69, 9.17) is 5.84 Å². The zero-order valence-electron chi connectivity index (χ0n) is 11.5. The van der Waals surface area contributed by atoms with E-state index >= 15 is 0 Å². The van der Waals surface area contributed by atoms with Gasteiger partial charge in [-0.1, -0.05) is 30.3 Å². The maximum atomic E-state index is 10.9. The van der Waals surface area contributed by atoms with Crippen LogP contribution in [-0.2, 0) is 19.6 Å². The number of nitrogen functional groups attached to an aromatic ring is 1. The van der Waals surface area contributed by atoms with E-state index in [9.17, 15) is 10.1 Å². The number of hydrogen-bond acceptors (Lipinski definition) is 5. The number of nitro groups is 1. The molecule has 0 fully saturated rings. The highest BCUT2D eigenvalue weighted by atomic mass is 16.6. The molecule has 0 amide bonds. The number of hydrazine groups is 1. The summed E-state index contributed by atoms with van der Waals surface area (Å²) in [5.74, 6) is 5.37. The van der Waals surface area contributed by atoms with E-state index in [1.165, 1.54) is 17.2 Å². The summed E-state index contributed by atoms with van der Waals surface area (Å²) < 4.78 is 0. The molecule has 6 heteroatoms. The third-order valence-corrected chi connectivity index (χ3v) is 3.73. The lowest BCUT2D eigenvalue weighted by molar-refractivity contribution is -0.384. The molecule has 3 N–H and O–H groups in total. The smallest absolute Gasteiger partial charge is 0.293 e. The second-order valence-corrected chi connectivity index (χ2v) is 5.17. The molecule has 0 unspecified atom stereocenters. The Morgan fingerprint density at radius 1 is 1.19 bits per heavy atom. The van der Waals surface area contributed by atoms with Crippen molar-refractivity contribution < 1.29 is 4.92 Å². The van der Waals surface area contributed by atoms with Gasteiger partial charge in [0, 0.05) is 25.7 Å². The maximum absolute atomic E-state index is 10.9. The third-order valence-electron chi connectivity index (χ3n) is 3.73. The van der Waals surface area contributed by atoms with Crippen LogP contribution in [0.25, 0.3) is 0 Å². The van der Waals surface area contributed by atoms with Crippen LogP contribution in [0.4, 0.5) is 11.4 Å². The summed E-state index contributed by atoms with van der Waals surface area (Å²) in [5.41, 5.74) is 6.42. The van der Waals surface area contributed by atoms with Crippen molar-refractivity contribution in [3.05, 3.63) is 69.3 Å². The lowest BCUT2D eigenvalue weighted by Crippen LogP contribution is -2.16. The number of benzene rings is 2. The quantitative estimate of drug-likeness (QED) is 0.511. The van der Waals surface area contributed by atoms with Gasteiger partial charge in [-0.2, -0.15) is 0 Å². The fraction of sp³-hybridized carbons (Fsp3) is 0.200. The van der Waals surface area contributed by atoms with Crippen molar-refractivity contribution in [2.75, 3.05) is 5.43 Å². The lowest BCUT2D eigenvalue weighted by Gasteiger charge is -2.15. The van der Waals surface area contributed by atoms with Gasteiger partial charge < -0.3 is 5.43 Å². The molecule has 21 heavy (non-hydrogen) atoms. The number of nitrogens with zero attached hydrogens (tertiary/aromatic N) is 2. The fourth-order valence-electron chi connectivity index (χ4n) is 2.73. The Balaban J connectivity index is 1.76. The minimum absolute atomic E-state index is 0.00837. The molecule has 0 saturated carbocycles. The van der Waals surface area contributed by atoms with E-state index in [2.05, 4.69) is 22.5 Å². The first-order chi connectivity index (χ1) is 10.2. The van der Waals surface area contributed by atoms with E-state index in [1.807, 2.05) is 12.1 Å². The summed E-state index contributed by atoms with van der Waals surface area (Å²) >= 11 is 0. The first kappa shape index (κ1) is 13.5. The van der Waals surface area contributed by atoms with Crippen LogP contribution in [0.5, 0.6) is 0 Å². The first-order valence-electron chi connectivity index (χ1n) is 6.70. The molecule has 1 aliphatic heterocycles. The average Bonchev–Trinajstić information content (AvgIpc) is 2.88. The number of nitrogens with two attached hydrogens (primary N) is 1. The molecule has 2 aromatic carbocycles. The minimum Gasteiger partial charge on any atom is -0.318 e. The van der Waals surface area contributed by atoms with E-state index < -0.39 is 4.92 Å². The van der Waals surface area contributed by atoms with Gasteiger partial charge in [-0.05, 0) is 22.8 Å². The van der Waals surface area contributed by atoms with Crippen LogP contribution in [0.1, 0.15) is 16.7 Å². The topological polar surface area (TPSA) is 84.4 Å². The highest BCUT2D eigenvalue weighted by Crippen LogP contribution is 2.28. The Bertz CT molecular complexity index is 662. The van der Waals surface area contributed by atoms with Gasteiger partial charge in [0.2, 0.25) is 0 Å². The second kappa shape index (κ2) is 5.51. The van der Waals surface area contributed by atoms with Crippen LogP contribution in [0.2, 0.25) is 0 Å². The predicted octanol–water partition coefficient (Wildman–Crippen LogP) is 2.40. The van der Waals surface area contributed by atoms with Crippen LogP contribution < -0.4 is 11.3 Å². The van der Waals surface area contributed by atoms with Gasteiger partial charge >= 0.3 is 0 Å². The Hall–Kier alpha value is -2.44. The SMILES string of the molecule is NNc1cc(CN2Cc3ccccc3C2)ccc1[N+](=O)[O-]. The molecular formula is C15H16N4O2. The summed E-state index contributed by atoms with van der Waals surface area (Å²) in [6, 6.07) is 13.4. The summed E-state index contributed by atoms with van der Waals surface area (Å²) in [7, 11) is 0. The molecule has 0 spiro atoms. The number of nitro benzene ring substituents is 1. The summed E-state index contributed by atoms with van der Waals surface area (Å²) in [5, 5.41) is 10.9. The number of fused-ring (bicyclic) bond motifs is 1. The Morgan fingerprint density at radius 3 is 2.43 bits per heavy atom. The van der Waals surface area contributed by atoms with Gasteiger partial charge in [-0.15, -0.1) is 0 Å². The van der Waals surface area contributed by atoms with Crippen LogP contribution in [0, 0.1) is 10.1 Å². The average molecular weight is 284 g/mol. The van der Waals surface area contributed by atoms with Gasteiger partial charge in [-0.25, -0.2) is 0 Å². The molecule has 2 aromatic rings. The van der Waals surface area contributed by atoms with Crippen molar-refractivity contribution in [3.8, 4) is 0 Å². The van der Waals surface area contributed by atoms with Gasteiger partial charge in [-0.3, -0.25) is 20.9 Å². The van der Waals surface area contributed by atoms with Crippen LogP contribution in [0.3, 0.4) is 0 Å². The van der Waals surface area contributed by atoms with E-state index in [0.29, 0.717) is 5.69 Å². The summed E-state index contributed by atoms with van der Waals surface area (Å²) in [4.78, 5) is 12.7. The molecule has 108 valence electrons. The van der Waals surface area contributed by atoms with Gasteiger partial charge in [0.1, 0.15) is 5.69 Å². The molecule has 0 atom stereocenters. The molecule has 1 aliphatic rings. The molecule has 0 bridgehead atoms. The van der Waals surface area contributed by atoms with Crippen LogP contribution >= 0.6 is 0 Å². The normalized spacial score (nSPS) is 14.0. The number of nitrogens with one attached hydrogen (secondary N) is 1. The molecule has 6 nitrogen and oxygen atoms in total. The minimum atomic E-state index is -0.440. The Morgan fingerprint density at radius 2 is 1.86 bits per heavy atom. The highest BCUT2D eigenvalue weighted by molar-refractivity contribution is 5.62. The number of hydrogen-bond donors (Lipinski definition) is 2. The van der Waals surface area contributed by atoms with Crippen molar-refractivity contribution in [2.24, 2.45) is 5.84 Å². The van der Waals surface area contributed by atoms with Gasteiger partial charge in [0.25, 0.3) is 5.69 Å². The zero-order chi connectivity index (χ0) is 14.8. The largest absolute Gasteiger partial charge is 0.318 e. The highest BCUT2D eigenvalue weighted by Gasteiger charge is 2.19. The molecule has 3 rings (SSSR count). The number of rotatable bonds is 4. The van der Waals surface area contributed by atoms with Crippen molar-refractivity contribution in [2.45, 2.75) is 19.6 Å². The van der Waals surface area contributed by atoms with Crippen molar-refractivity contribution in [3.63, 3.8) is 0 Å². The maximum Gasteiger partial charge on any atom is 0.293 e. The Labute approximate surface area is 122 Å². The van der Waals surface area contributed by atoms with E-state index in [0.717, 1.165) is 25.2 Å². The lowest BCUT2D eigenvalue weighted by atomic mass is 10.1. The van der Waals surface area contributed by atoms with Crippen molar-refractivity contribution in [1.82, 2.24) is 4.90 Å². The molecule has 1 heterocycles. The molecule has 0 radical (unpaired) electrons. The van der Waals surface area contributed by atoms with Crippen LogP contribution in [0.15, 0.2) is 42.5 Å². The monoisotopic (exact) mass is 284 g/mol. The molecule has 0 aromatic heterocycles. The van der Waals surface area contributed by atoms with Crippen molar-refractivity contribution in [1.29, 1.82) is 0 Å².